The van der Waals surface area contributed by atoms with E-state index in [0.29, 0.717) is 18.4 Å². The highest BCUT2D eigenvalue weighted by atomic mass is 19.3. The third kappa shape index (κ3) is 3.89. The second kappa shape index (κ2) is 6.58. The van der Waals surface area contributed by atoms with Crippen LogP contribution >= 0.6 is 0 Å². The van der Waals surface area contributed by atoms with Crippen LogP contribution in [-0.2, 0) is 6.54 Å². The van der Waals surface area contributed by atoms with Crippen LogP contribution in [0.3, 0.4) is 0 Å². The zero-order valence-corrected chi connectivity index (χ0v) is 9.79. The number of nitrogens with one attached hydrogen (secondary N) is 1. The van der Waals surface area contributed by atoms with Crippen molar-refractivity contribution in [1.82, 2.24) is 14.9 Å². The van der Waals surface area contributed by atoms with Gasteiger partial charge < -0.3 is 5.32 Å². The minimum absolute atomic E-state index is 0.336. The molecule has 3 nitrogen and oxygen atoms in total. The number of unbranched alkanes of at least 4 members (excludes halogenated alkanes) is 1. The molecule has 0 aromatic carbocycles. The number of nitrogens with zero attached hydrogens (tertiary/aromatic N) is 2. The lowest BCUT2D eigenvalue weighted by Gasteiger charge is -2.13. The number of alkyl halides is 2. The van der Waals surface area contributed by atoms with Crippen LogP contribution < -0.4 is 5.32 Å². The molecule has 1 aromatic heterocycles. The quantitative estimate of drug-likeness (QED) is 0.782. The molecule has 0 aliphatic heterocycles. The van der Waals surface area contributed by atoms with E-state index in [2.05, 4.69) is 24.1 Å². The average Bonchev–Trinajstić information content (AvgIpc) is 2.71. The molecule has 0 spiro atoms. The van der Waals surface area contributed by atoms with Gasteiger partial charge in [-0.05, 0) is 13.3 Å². The Morgan fingerprint density at radius 3 is 2.88 bits per heavy atom. The van der Waals surface area contributed by atoms with Gasteiger partial charge in [0.05, 0.1) is 6.54 Å². The lowest BCUT2D eigenvalue weighted by Crippen LogP contribution is -2.27. The molecular formula is C11H19F2N3. The van der Waals surface area contributed by atoms with E-state index in [1.165, 1.54) is 12.4 Å². The maximum Gasteiger partial charge on any atom is 0.319 e. The largest absolute Gasteiger partial charge is 0.319 e. The van der Waals surface area contributed by atoms with E-state index in [4.69, 9.17) is 0 Å². The second-order valence-corrected chi connectivity index (χ2v) is 3.95. The fraction of sp³-hybridized carbons (Fsp3) is 0.727. The van der Waals surface area contributed by atoms with E-state index in [1.54, 1.807) is 0 Å². The summed E-state index contributed by atoms with van der Waals surface area (Å²) in [6.07, 6.45) is 6.07. The molecule has 1 N–H and O–H groups in total. The van der Waals surface area contributed by atoms with Crippen LogP contribution in [0.25, 0.3) is 0 Å². The van der Waals surface area contributed by atoms with Crippen molar-refractivity contribution in [2.45, 2.75) is 52.2 Å². The van der Waals surface area contributed by atoms with Crippen molar-refractivity contribution in [1.29, 1.82) is 0 Å². The zero-order chi connectivity index (χ0) is 12.0. The summed E-state index contributed by atoms with van der Waals surface area (Å²) < 4.78 is 25.9. The Kier molecular flexibility index (Phi) is 5.38. The van der Waals surface area contributed by atoms with Crippen molar-refractivity contribution < 1.29 is 8.78 Å². The van der Waals surface area contributed by atoms with E-state index in [9.17, 15) is 8.78 Å². The Labute approximate surface area is 94.9 Å². The first-order valence-corrected chi connectivity index (χ1v) is 5.68. The first-order valence-electron chi connectivity index (χ1n) is 5.68. The summed E-state index contributed by atoms with van der Waals surface area (Å²) in [7, 11) is 0. The molecule has 16 heavy (non-hydrogen) atoms. The minimum atomic E-state index is -2.51. The summed E-state index contributed by atoms with van der Waals surface area (Å²) in [5, 5.41) is 3.20. The van der Waals surface area contributed by atoms with Crippen LogP contribution in [-0.4, -0.2) is 15.6 Å². The van der Waals surface area contributed by atoms with Crippen molar-refractivity contribution in [2.24, 2.45) is 0 Å². The number of aromatic nitrogens is 2. The van der Waals surface area contributed by atoms with Crippen molar-refractivity contribution >= 4 is 0 Å². The van der Waals surface area contributed by atoms with Gasteiger partial charge in [-0.15, -0.1) is 0 Å². The molecule has 0 aliphatic rings. The van der Waals surface area contributed by atoms with Crippen molar-refractivity contribution in [3.8, 4) is 0 Å². The third-order valence-corrected chi connectivity index (χ3v) is 2.56. The van der Waals surface area contributed by atoms with Gasteiger partial charge in [-0.1, -0.05) is 19.8 Å². The van der Waals surface area contributed by atoms with Crippen molar-refractivity contribution in [3.63, 3.8) is 0 Å². The van der Waals surface area contributed by atoms with Crippen LogP contribution in [0.15, 0.2) is 12.4 Å². The van der Waals surface area contributed by atoms with Gasteiger partial charge in [0.25, 0.3) is 0 Å². The standard InChI is InChI=1S/C11H19F2N3/c1-3-4-5-9(2)15-8-10-14-6-7-16(10)11(12)13/h6-7,9,11,15H,3-5,8H2,1-2H3. The highest BCUT2D eigenvalue weighted by Crippen LogP contribution is 2.12. The molecule has 1 rings (SSSR count). The lowest BCUT2D eigenvalue weighted by molar-refractivity contribution is 0.0665. The lowest BCUT2D eigenvalue weighted by atomic mass is 10.1. The molecule has 0 radical (unpaired) electrons. The van der Waals surface area contributed by atoms with Gasteiger partial charge in [0.2, 0.25) is 0 Å². The molecule has 1 atom stereocenters. The topological polar surface area (TPSA) is 29.9 Å². The first kappa shape index (κ1) is 13.1. The van der Waals surface area contributed by atoms with Crippen LogP contribution in [0.5, 0.6) is 0 Å². The Hall–Kier alpha value is -0.970. The maximum atomic E-state index is 12.5. The van der Waals surface area contributed by atoms with E-state index >= 15 is 0 Å². The molecule has 0 aliphatic carbocycles. The molecule has 0 saturated heterocycles. The smallest absolute Gasteiger partial charge is 0.307 e. The molecule has 0 bridgehead atoms. The Morgan fingerprint density at radius 2 is 2.25 bits per heavy atom. The Balaban J connectivity index is 2.39. The van der Waals surface area contributed by atoms with Crippen LogP contribution in [0.4, 0.5) is 8.78 Å². The summed E-state index contributed by atoms with van der Waals surface area (Å²) in [6, 6.07) is 0.336. The van der Waals surface area contributed by atoms with Gasteiger partial charge in [-0.2, -0.15) is 8.78 Å². The number of rotatable bonds is 7. The van der Waals surface area contributed by atoms with E-state index < -0.39 is 6.55 Å². The van der Waals surface area contributed by atoms with Crippen LogP contribution in [0.1, 0.15) is 45.5 Å². The SMILES string of the molecule is CCCCC(C)NCc1nccn1C(F)F. The van der Waals surface area contributed by atoms with Gasteiger partial charge in [-0.25, -0.2) is 4.98 Å². The molecule has 5 heteroatoms. The molecule has 0 amide bonds. The number of hydrogen-bond donors (Lipinski definition) is 1. The summed E-state index contributed by atoms with van der Waals surface area (Å²) in [5.74, 6) is 0.387. The molecule has 0 fully saturated rings. The number of hydrogen-bond acceptors (Lipinski definition) is 2. The summed E-state index contributed by atoms with van der Waals surface area (Å²) in [5.41, 5.74) is 0. The molecule has 1 aromatic rings. The average molecular weight is 231 g/mol. The monoisotopic (exact) mass is 231 g/mol. The maximum absolute atomic E-state index is 12.5. The molecule has 92 valence electrons. The van der Waals surface area contributed by atoms with Crippen LogP contribution in [0.2, 0.25) is 0 Å². The Bertz CT molecular complexity index is 299. The van der Waals surface area contributed by atoms with Crippen LogP contribution in [0, 0.1) is 0 Å². The molecular weight excluding hydrogens is 212 g/mol. The van der Waals surface area contributed by atoms with Gasteiger partial charge >= 0.3 is 6.55 Å². The minimum Gasteiger partial charge on any atom is -0.307 e. The van der Waals surface area contributed by atoms with E-state index in [-0.39, 0.29) is 0 Å². The normalized spacial score (nSPS) is 13.3. The number of imidazole rings is 1. The van der Waals surface area contributed by atoms with Crippen molar-refractivity contribution in [3.05, 3.63) is 18.2 Å². The van der Waals surface area contributed by atoms with E-state index in [1.807, 2.05) is 0 Å². The fourth-order valence-electron chi connectivity index (χ4n) is 1.54. The summed E-state index contributed by atoms with van der Waals surface area (Å²) in [4.78, 5) is 3.91. The van der Waals surface area contributed by atoms with Gasteiger partial charge in [-0.3, -0.25) is 4.57 Å². The summed E-state index contributed by atoms with van der Waals surface area (Å²) in [6.45, 7) is 2.08. The number of halogens is 2. The molecule has 0 saturated carbocycles. The predicted octanol–water partition coefficient (Wildman–Crippen LogP) is 2.95. The zero-order valence-electron chi connectivity index (χ0n) is 9.79. The van der Waals surface area contributed by atoms with Gasteiger partial charge in [0, 0.05) is 18.4 Å². The van der Waals surface area contributed by atoms with Gasteiger partial charge in [0.15, 0.2) is 0 Å². The molecule has 1 unspecified atom stereocenters. The highest BCUT2D eigenvalue weighted by molar-refractivity contribution is 4.92. The second-order valence-electron chi connectivity index (χ2n) is 3.95. The van der Waals surface area contributed by atoms with Gasteiger partial charge in [0.1, 0.15) is 5.82 Å². The predicted molar refractivity (Wildman–Crippen MR) is 59.3 cm³/mol. The third-order valence-electron chi connectivity index (χ3n) is 2.56. The summed E-state index contributed by atoms with van der Waals surface area (Å²) >= 11 is 0. The Morgan fingerprint density at radius 1 is 1.50 bits per heavy atom. The fourth-order valence-corrected chi connectivity index (χ4v) is 1.54. The highest BCUT2D eigenvalue weighted by Gasteiger charge is 2.11. The first-order chi connectivity index (χ1) is 7.65. The van der Waals surface area contributed by atoms with E-state index in [0.717, 1.165) is 23.8 Å². The molecule has 1 heterocycles. The van der Waals surface area contributed by atoms with Crippen molar-refractivity contribution in [2.75, 3.05) is 0 Å².